The standard InChI is InChI=1S/C33H30F3N3O4/c1-21-29(38-32(41)43-20-22-9-5-3-6-10-22)27-19-26(42-2)17-18-28(27)39(30(21)23-11-7-4-8-12-23)31(40)37-25-15-13-24(14-16-25)33(34,35)36/h3-19,21,29-30H,20H2,1-2H3,(H,37,40)(H,38,41)/t21-,29-,30-/m0/s1. The number of hydrogen-bond donors (Lipinski definition) is 2. The van der Waals surface area contributed by atoms with Crippen molar-refractivity contribution >= 4 is 23.5 Å². The monoisotopic (exact) mass is 589 g/mol. The lowest BCUT2D eigenvalue weighted by Gasteiger charge is -2.45. The summed E-state index contributed by atoms with van der Waals surface area (Å²) >= 11 is 0. The van der Waals surface area contributed by atoms with Crippen molar-refractivity contribution in [2.24, 2.45) is 5.92 Å². The Morgan fingerprint density at radius 2 is 1.53 bits per heavy atom. The summed E-state index contributed by atoms with van der Waals surface area (Å²) in [4.78, 5) is 28.6. The third-order valence-corrected chi connectivity index (χ3v) is 7.44. The summed E-state index contributed by atoms with van der Waals surface area (Å²) in [5.74, 6) is 0.154. The SMILES string of the molecule is COc1ccc2c(c1)[C@@H](NC(=O)OCc1ccccc1)[C@H](C)[C@@H](c1ccccc1)N2C(=O)Nc1ccc(C(F)(F)F)cc1. The maximum absolute atomic E-state index is 13.9. The molecule has 4 aromatic carbocycles. The van der Waals surface area contributed by atoms with Gasteiger partial charge in [-0.3, -0.25) is 4.90 Å². The Morgan fingerprint density at radius 3 is 2.16 bits per heavy atom. The molecule has 0 saturated carbocycles. The Bertz CT molecular complexity index is 1560. The topological polar surface area (TPSA) is 79.9 Å². The number of urea groups is 1. The van der Waals surface area contributed by atoms with E-state index in [1.54, 1.807) is 23.1 Å². The van der Waals surface area contributed by atoms with Crippen LogP contribution in [0.3, 0.4) is 0 Å². The van der Waals surface area contributed by atoms with Gasteiger partial charge in [-0.15, -0.1) is 0 Å². The number of hydrogen-bond acceptors (Lipinski definition) is 4. The molecular weight excluding hydrogens is 559 g/mol. The van der Waals surface area contributed by atoms with Gasteiger partial charge in [-0.05, 0) is 53.6 Å². The average molecular weight is 590 g/mol. The molecule has 1 aliphatic heterocycles. The van der Waals surface area contributed by atoms with Crippen molar-refractivity contribution in [3.05, 3.63) is 125 Å². The molecule has 0 aliphatic carbocycles. The number of methoxy groups -OCH3 is 1. The molecule has 0 spiro atoms. The van der Waals surface area contributed by atoms with Gasteiger partial charge in [0.05, 0.1) is 30.4 Å². The molecule has 4 aromatic rings. The number of fused-ring (bicyclic) bond motifs is 1. The highest BCUT2D eigenvalue weighted by molar-refractivity contribution is 6.03. The molecule has 3 amide bonds. The summed E-state index contributed by atoms with van der Waals surface area (Å²) < 4.78 is 50.3. The van der Waals surface area contributed by atoms with E-state index < -0.39 is 35.9 Å². The first-order valence-corrected chi connectivity index (χ1v) is 13.6. The fraction of sp³-hybridized carbons (Fsp3) is 0.212. The van der Waals surface area contributed by atoms with Crippen molar-refractivity contribution in [1.82, 2.24) is 5.32 Å². The zero-order valence-electron chi connectivity index (χ0n) is 23.5. The van der Waals surface area contributed by atoms with Gasteiger partial charge >= 0.3 is 18.3 Å². The summed E-state index contributed by atoms with van der Waals surface area (Å²) in [5.41, 5.74) is 2.17. The molecule has 0 unspecified atom stereocenters. The molecule has 0 bridgehead atoms. The zero-order valence-corrected chi connectivity index (χ0v) is 23.5. The molecule has 2 N–H and O–H groups in total. The number of nitrogens with zero attached hydrogens (tertiary/aromatic N) is 1. The van der Waals surface area contributed by atoms with Crippen LogP contribution in [0.4, 0.5) is 34.1 Å². The number of alkyl halides is 3. The van der Waals surface area contributed by atoms with Crippen molar-refractivity contribution in [1.29, 1.82) is 0 Å². The highest BCUT2D eigenvalue weighted by Crippen LogP contribution is 2.48. The summed E-state index contributed by atoms with van der Waals surface area (Å²) in [7, 11) is 1.52. The Hall–Kier alpha value is -4.99. The van der Waals surface area contributed by atoms with Crippen LogP contribution >= 0.6 is 0 Å². The smallest absolute Gasteiger partial charge is 0.416 e. The molecule has 10 heteroatoms. The highest BCUT2D eigenvalue weighted by atomic mass is 19.4. The van der Waals surface area contributed by atoms with E-state index >= 15 is 0 Å². The van der Waals surface area contributed by atoms with Crippen LogP contribution in [-0.2, 0) is 17.5 Å². The van der Waals surface area contributed by atoms with Gasteiger partial charge in [0.15, 0.2) is 0 Å². The predicted molar refractivity (Wildman–Crippen MR) is 157 cm³/mol. The Balaban J connectivity index is 1.50. The second kappa shape index (κ2) is 12.5. The van der Waals surface area contributed by atoms with Crippen LogP contribution in [0.25, 0.3) is 0 Å². The van der Waals surface area contributed by atoms with Gasteiger partial charge in [-0.2, -0.15) is 13.2 Å². The predicted octanol–water partition coefficient (Wildman–Crippen LogP) is 8.11. The number of carbonyl (C=O) groups excluding carboxylic acids is 2. The fourth-order valence-electron chi connectivity index (χ4n) is 5.34. The fourth-order valence-corrected chi connectivity index (χ4v) is 5.34. The molecule has 1 aliphatic rings. The van der Waals surface area contributed by atoms with Crippen LogP contribution in [0.2, 0.25) is 0 Å². The third-order valence-electron chi connectivity index (χ3n) is 7.44. The van der Waals surface area contributed by atoms with Crippen LogP contribution in [0.5, 0.6) is 5.75 Å². The van der Waals surface area contributed by atoms with Gasteiger partial charge in [0.2, 0.25) is 0 Å². The lowest BCUT2D eigenvalue weighted by Crippen LogP contribution is -2.49. The Morgan fingerprint density at radius 1 is 0.884 bits per heavy atom. The normalized spacial score (nSPS) is 17.9. The van der Waals surface area contributed by atoms with Crippen molar-refractivity contribution in [3.8, 4) is 5.75 Å². The molecule has 0 radical (unpaired) electrons. The molecule has 0 saturated heterocycles. The Kier molecular flexibility index (Phi) is 8.56. The molecule has 0 aromatic heterocycles. The zero-order chi connectivity index (χ0) is 30.6. The summed E-state index contributed by atoms with van der Waals surface area (Å²) in [6.07, 6.45) is -5.12. The van der Waals surface area contributed by atoms with Crippen LogP contribution in [0.15, 0.2) is 103 Å². The maximum Gasteiger partial charge on any atom is 0.416 e. The van der Waals surface area contributed by atoms with E-state index in [2.05, 4.69) is 10.6 Å². The lowest BCUT2D eigenvalue weighted by atomic mass is 9.79. The van der Waals surface area contributed by atoms with Gasteiger partial charge in [-0.1, -0.05) is 67.6 Å². The minimum absolute atomic E-state index is 0.0858. The molecule has 222 valence electrons. The molecule has 0 fully saturated rings. The van der Waals surface area contributed by atoms with E-state index in [0.29, 0.717) is 17.0 Å². The second-order valence-electron chi connectivity index (χ2n) is 10.2. The van der Waals surface area contributed by atoms with Crippen LogP contribution in [0.1, 0.15) is 41.3 Å². The van der Waals surface area contributed by atoms with Crippen LogP contribution < -0.4 is 20.3 Å². The molecule has 43 heavy (non-hydrogen) atoms. The minimum atomic E-state index is -4.49. The first kappa shape index (κ1) is 29.5. The van der Waals surface area contributed by atoms with E-state index in [9.17, 15) is 22.8 Å². The molecule has 1 heterocycles. The van der Waals surface area contributed by atoms with Crippen molar-refractivity contribution in [2.45, 2.75) is 31.8 Å². The molecule has 7 nitrogen and oxygen atoms in total. The first-order chi connectivity index (χ1) is 20.7. The molecule has 5 rings (SSSR count). The second-order valence-corrected chi connectivity index (χ2v) is 10.2. The quantitative estimate of drug-likeness (QED) is 0.238. The lowest BCUT2D eigenvalue weighted by molar-refractivity contribution is -0.137. The number of rotatable bonds is 6. The van der Waals surface area contributed by atoms with Crippen molar-refractivity contribution < 1.29 is 32.2 Å². The van der Waals surface area contributed by atoms with Crippen LogP contribution in [0, 0.1) is 5.92 Å². The third kappa shape index (κ3) is 6.58. The number of amides is 3. The van der Waals surface area contributed by atoms with E-state index in [1.165, 1.54) is 19.2 Å². The van der Waals surface area contributed by atoms with Gasteiger partial charge in [0, 0.05) is 17.2 Å². The summed E-state index contributed by atoms with van der Waals surface area (Å²) in [6.45, 7) is 2.00. The number of anilines is 2. The number of benzene rings is 4. The summed E-state index contributed by atoms with van der Waals surface area (Å²) in [6, 6.07) is 26.4. The molecule has 3 atom stereocenters. The largest absolute Gasteiger partial charge is 0.497 e. The highest BCUT2D eigenvalue weighted by Gasteiger charge is 2.43. The van der Waals surface area contributed by atoms with Gasteiger partial charge in [-0.25, -0.2) is 9.59 Å². The van der Waals surface area contributed by atoms with Gasteiger partial charge < -0.3 is 20.1 Å². The number of halogens is 3. The minimum Gasteiger partial charge on any atom is -0.497 e. The summed E-state index contributed by atoms with van der Waals surface area (Å²) in [5, 5.41) is 5.74. The maximum atomic E-state index is 13.9. The number of ether oxygens (including phenoxy) is 2. The molecular formula is C33H30F3N3O4. The number of nitrogens with one attached hydrogen (secondary N) is 2. The Labute approximate surface area is 247 Å². The van der Waals surface area contributed by atoms with Crippen molar-refractivity contribution in [2.75, 3.05) is 17.3 Å². The van der Waals surface area contributed by atoms with Crippen LogP contribution in [-0.4, -0.2) is 19.2 Å². The van der Waals surface area contributed by atoms with E-state index in [4.69, 9.17) is 9.47 Å². The number of alkyl carbamates (subject to hydrolysis) is 1. The van der Waals surface area contributed by atoms with E-state index in [-0.39, 0.29) is 18.2 Å². The van der Waals surface area contributed by atoms with Crippen molar-refractivity contribution in [3.63, 3.8) is 0 Å². The average Bonchev–Trinajstić information content (AvgIpc) is 3.01. The van der Waals surface area contributed by atoms with E-state index in [1.807, 2.05) is 67.6 Å². The van der Waals surface area contributed by atoms with Gasteiger partial charge in [0.25, 0.3) is 0 Å². The van der Waals surface area contributed by atoms with Gasteiger partial charge in [0.1, 0.15) is 12.4 Å². The number of carbonyl (C=O) groups is 2. The first-order valence-electron chi connectivity index (χ1n) is 13.6. The van der Waals surface area contributed by atoms with E-state index in [0.717, 1.165) is 23.3 Å².